The van der Waals surface area contributed by atoms with E-state index in [0.717, 1.165) is 26.9 Å². The number of hydrogen-bond donors (Lipinski definition) is 0. The molecule has 0 amide bonds. The van der Waals surface area contributed by atoms with Crippen molar-refractivity contribution in [2.45, 2.75) is 0 Å². The topological polar surface area (TPSA) is 9.23 Å². The Hall–Kier alpha value is -1.54. The summed E-state index contributed by atoms with van der Waals surface area (Å²) in [6.45, 7) is 3.80. The van der Waals surface area contributed by atoms with Crippen molar-refractivity contribution >= 4 is 22.0 Å². The second-order valence-corrected chi connectivity index (χ2v) is 4.62. The lowest BCUT2D eigenvalue weighted by molar-refractivity contribution is 0.415. The number of hydrogen-bond acceptors (Lipinski definition) is 1. The molecular weight excluding hydrogens is 276 g/mol. The largest absolute Gasteiger partial charge is 0.497 e. The minimum Gasteiger partial charge on any atom is -0.497 e. The predicted molar refractivity (Wildman–Crippen MR) is 76.2 cm³/mol. The normalized spacial score (nSPS) is 10.0. The molecule has 0 aliphatic rings. The molecule has 2 aromatic carbocycles. The molecule has 0 saturated carbocycles. The van der Waals surface area contributed by atoms with E-state index in [4.69, 9.17) is 4.74 Å². The van der Waals surface area contributed by atoms with Crippen LogP contribution in [0.15, 0.2) is 53.5 Å². The molecule has 17 heavy (non-hydrogen) atoms. The molecule has 0 aromatic heterocycles. The lowest BCUT2D eigenvalue weighted by atomic mass is 10.0. The Labute approximate surface area is 110 Å². The van der Waals surface area contributed by atoms with Gasteiger partial charge < -0.3 is 4.74 Å². The van der Waals surface area contributed by atoms with Crippen LogP contribution in [0.5, 0.6) is 5.75 Å². The van der Waals surface area contributed by atoms with Gasteiger partial charge in [0.1, 0.15) is 5.75 Å². The minimum atomic E-state index is 0.864. The molecule has 0 N–H and O–H groups in total. The highest BCUT2D eigenvalue weighted by molar-refractivity contribution is 9.10. The van der Waals surface area contributed by atoms with Gasteiger partial charge in [-0.1, -0.05) is 40.7 Å². The van der Waals surface area contributed by atoms with Gasteiger partial charge in [-0.15, -0.1) is 0 Å². The molecule has 0 saturated heterocycles. The van der Waals surface area contributed by atoms with E-state index in [-0.39, 0.29) is 0 Å². The summed E-state index contributed by atoms with van der Waals surface area (Å²) >= 11 is 3.51. The summed E-state index contributed by atoms with van der Waals surface area (Å²) in [7, 11) is 1.68. The van der Waals surface area contributed by atoms with E-state index in [1.807, 2.05) is 30.3 Å². The van der Waals surface area contributed by atoms with Crippen LogP contribution in [-0.4, -0.2) is 7.11 Å². The Balaban J connectivity index is 2.51. The lowest BCUT2D eigenvalue weighted by Gasteiger charge is -2.06. The summed E-state index contributed by atoms with van der Waals surface area (Å²) in [5.41, 5.74) is 3.37. The summed E-state index contributed by atoms with van der Waals surface area (Å²) in [6.07, 6.45) is 1.84. The van der Waals surface area contributed by atoms with E-state index in [1.165, 1.54) is 0 Å². The van der Waals surface area contributed by atoms with Crippen LogP contribution in [0.1, 0.15) is 5.56 Å². The van der Waals surface area contributed by atoms with Crippen LogP contribution < -0.4 is 4.74 Å². The van der Waals surface area contributed by atoms with Crippen molar-refractivity contribution in [3.8, 4) is 16.9 Å². The summed E-state index contributed by atoms with van der Waals surface area (Å²) < 4.78 is 6.28. The fourth-order valence-electron chi connectivity index (χ4n) is 1.70. The Bertz CT molecular complexity index is 546. The quantitative estimate of drug-likeness (QED) is 0.791. The van der Waals surface area contributed by atoms with Crippen LogP contribution in [0, 0.1) is 0 Å². The van der Waals surface area contributed by atoms with Gasteiger partial charge in [0.25, 0.3) is 0 Å². The van der Waals surface area contributed by atoms with Crippen molar-refractivity contribution < 1.29 is 4.74 Å². The summed E-state index contributed by atoms with van der Waals surface area (Å²) in [4.78, 5) is 0. The van der Waals surface area contributed by atoms with Crippen LogP contribution >= 0.6 is 15.9 Å². The van der Waals surface area contributed by atoms with Crippen molar-refractivity contribution in [1.29, 1.82) is 0 Å². The van der Waals surface area contributed by atoms with Crippen molar-refractivity contribution in [2.24, 2.45) is 0 Å². The van der Waals surface area contributed by atoms with Crippen LogP contribution in [-0.2, 0) is 0 Å². The zero-order valence-electron chi connectivity index (χ0n) is 9.61. The molecule has 0 spiro atoms. The van der Waals surface area contributed by atoms with Crippen LogP contribution in [0.3, 0.4) is 0 Å². The molecule has 0 unspecified atom stereocenters. The summed E-state index contributed by atoms with van der Waals surface area (Å²) in [5.74, 6) is 0.864. The first-order valence-corrected chi connectivity index (χ1v) is 6.09. The standard InChI is InChI=1S/C15H13BrO/c1-3-11-7-13(9-14(16)8-11)12-5-4-6-15(10-12)17-2/h3-10H,1H2,2H3. The number of ether oxygens (including phenoxy) is 1. The van der Waals surface area contributed by atoms with E-state index < -0.39 is 0 Å². The number of methoxy groups -OCH3 is 1. The molecule has 0 fully saturated rings. The van der Waals surface area contributed by atoms with E-state index in [2.05, 4.69) is 40.7 Å². The number of rotatable bonds is 3. The smallest absolute Gasteiger partial charge is 0.119 e. The van der Waals surface area contributed by atoms with Crippen molar-refractivity contribution in [2.75, 3.05) is 7.11 Å². The first-order valence-electron chi connectivity index (χ1n) is 5.30. The minimum absolute atomic E-state index is 0.864. The van der Waals surface area contributed by atoms with Gasteiger partial charge in [-0.05, 0) is 47.0 Å². The van der Waals surface area contributed by atoms with E-state index in [9.17, 15) is 0 Å². The first kappa shape index (κ1) is 11.9. The fourth-order valence-corrected chi connectivity index (χ4v) is 2.21. The van der Waals surface area contributed by atoms with E-state index in [1.54, 1.807) is 7.11 Å². The van der Waals surface area contributed by atoms with Crippen LogP contribution in [0.25, 0.3) is 17.2 Å². The highest BCUT2D eigenvalue weighted by atomic mass is 79.9. The molecule has 0 aliphatic carbocycles. The highest BCUT2D eigenvalue weighted by Crippen LogP contribution is 2.28. The molecule has 0 atom stereocenters. The lowest BCUT2D eigenvalue weighted by Crippen LogP contribution is -1.84. The molecule has 86 valence electrons. The SMILES string of the molecule is C=Cc1cc(Br)cc(-c2cccc(OC)c2)c1. The molecule has 2 heteroatoms. The molecule has 2 rings (SSSR count). The predicted octanol–water partition coefficient (Wildman–Crippen LogP) is 4.77. The molecule has 0 radical (unpaired) electrons. The Morgan fingerprint density at radius 2 is 1.94 bits per heavy atom. The Morgan fingerprint density at radius 1 is 1.12 bits per heavy atom. The average Bonchev–Trinajstić information content (AvgIpc) is 2.38. The highest BCUT2D eigenvalue weighted by Gasteiger charge is 2.02. The van der Waals surface area contributed by atoms with Crippen molar-refractivity contribution in [1.82, 2.24) is 0 Å². The van der Waals surface area contributed by atoms with Gasteiger partial charge in [0.2, 0.25) is 0 Å². The first-order chi connectivity index (χ1) is 8.22. The van der Waals surface area contributed by atoms with Crippen molar-refractivity contribution in [3.05, 3.63) is 59.1 Å². The fraction of sp³-hybridized carbons (Fsp3) is 0.0667. The van der Waals surface area contributed by atoms with Gasteiger partial charge in [0.05, 0.1) is 7.11 Å². The van der Waals surface area contributed by atoms with E-state index >= 15 is 0 Å². The molecule has 0 bridgehead atoms. The maximum atomic E-state index is 5.23. The third kappa shape index (κ3) is 2.77. The summed E-state index contributed by atoms with van der Waals surface area (Å²) in [5, 5.41) is 0. The van der Waals surface area contributed by atoms with Gasteiger partial charge >= 0.3 is 0 Å². The van der Waals surface area contributed by atoms with Gasteiger partial charge in [-0.3, -0.25) is 0 Å². The van der Waals surface area contributed by atoms with E-state index in [0.29, 0.717) is 0 Å². The van der Waals surface area contributed by atoms with Crippen molar-refractivity contribution in [3.63, 3.8) is 0 Å². The maximum absolute atomic E-state index is 5.23. The van der Waals surface area contributed by atoms with Gasteiger partial charge in [0.15, 0.2) is 0 Å². The number of benzene rings is 2. The second kappa shape index (κ2) is 5.19. The van der Waals surface area contributed by atoms with Gasteiger partial charge in [-0.2, -0.15) is 0 Å². The van der Waals surface area contributed by atoms with Gasteiger partial charge in [0, 0.05) is 4.47 Å². The second-order valence-electron chi connectivity index (χ2n) is 3.71. The Kier molecular flexibility index (Phi) is 3.64. The average molecular weight is 289 g/mol. The Morgan fingerprint density at radius 3 is 2.65 bits per heavy atom. The summed E-state index contributed by atoms with van der Waals surface area (Å²) in [6, 6.07) is 14.2. The monoisotopic (exact) mass is 288 g/mol. The third-order valence-electron chi connectivity index (χ3n) is 2.56. The molecule has 0 aliphatic heterocycles. The zero-order valence-corrected chi connectivity index (χ0v) is 11.2. The van der Waals surface area contributed by atoms with Crippen LogP contribution in [0.4, 0.5) is 0 Å². The zero-order chi connectivity index (χ0) is 12.3. The van der Waals surface area contributed by atoms with Crippen LogP contribution in [0.2, 0.25) is 0 Å². The molecule has 0 heterocycles. The molecule has 2 aromatic rings. The molecule has 1 nitrogen and oxygen atoms in total. The van der Waals surface area contributed by atoms with Gasteiger partial charge in [-0.25, -0.2) is 0 Å². The molecular formula is C15H13BrO. The number of halogens is 1. The maximum Gasteiger partial charge on any atom is 0.119 e. The third-order valence-corrected chi connectivity index (χ3v) is 3.02.